The fourth-order valence-electron chi connectivity index (χ4n) is 13.5. The summed E-state index contributed by atoms with van der Waals surface area (Å²) in [4.78, 5) is 213. The van der Waals surface area contributed by atoms with Gasteiger partial charge in [-0.1, -0.05) is 30.3 Å². The van der Waals surface area contributed by atoms with E-state index in [2.05, 4.69) is 37.2 Å². The number of benzene rings is 1. The Balaban J connectivity index is 1.28. The predicted molar refractivity (Wildman–Crippen MR) is 454 cm³/mol. The summed E-state index contributed by atoms with van der Waals surface area (Å²) < 4.78 is 134. The lowest BCUT2D eigenvalue weighted by Gasteiger charge is -2.45. The maximum Gasteiger partial charge on any atom is 0.328 e. The number of ether oxygens (including phenoxy) is 24. The number of hydrogen-bond donors (Lipinski definition) is 7. The van der Waals surface area contributed by atoms with Gasteiger partial charge in [0, 0.05) is 102 Å². The maximum atomic E-state index is 14.4. The van der Waals surface area contributed by atoms with Crippen LogP contribution in [-0.4, -0.2) is 370 Å². The number of nitrogens with one attached hydrogen (secondary N) is 7. The molecule has 758 valence electrons. The summed E-state index contributed by atoms with van der Waals surface area (Å²) in [6.07, 6.45) is -12.3. The molecule has 17 atom stereocenters. The lowest BCUT2D eigenvalue weighted by Crippen LogP contribution is -2.66. The Kier molecular flexibility index (Phi) is 58.1. The minimum absolute atomic E-state index is 0.000404. The van der Waals surface area contributed by atoms with E-state index < -0.39 is 219 Å². The van der Waals surface area contributed by atoms with Crippen LogP contribution in [0.3, 0.4) is 0 Å². The van der Waals surface area contributed by atoms with Crippen LogP contribution in [0.5, 0.6) is 0 Å². The first-order valence-corrected chi connectivity index (χ1v) is 43.9. The van der Waals surface area contributed by atoms with Crippen molar-refractivity contribution in [3.05, 3.63) is 35.9 Å². The van der Waals surface area contributed by atoms with E-state index >= 15 is 0 Å². The number of Topliss-reactive ketones (excluding diaryl/α,β-unsaturated/α-hetero) is 1. The third kappa shape index (κ3) is 50.4. The van der Waals surface area contributed by atoms with Gasteiger partial charge in [0.15, 0.2) is 43.3 Å². The van der Waals surface area contributed by atoms with Crippen LogP contribution >= 0.6 is 0 Å². The smallest absolute Gasteiger partial charge is 0.328 e. The topological polar surface area (TPSA) is 596 Å². The van der Waals surface area contributed by atoms with Crippen molar-refractivity contribution in [2.24, 2.45) is 5.92 Å². The highest BCUT2D eigenvalue weighted by atomic mass is 16.7. The Morgan fingerprint density at radius 3 is 1.01 bits per heavy atom. The van der Waals surface area contributed by atoms with E-state index in [0.29, 0.717) is 18.4 Å². The molecule has 0 aromatic heterocycles. The third-order valence-corrected chi connectivity index (χ3v) is 19.1. The zero-order valence-corrected chi connectivity index (χ0v) is 78.0. The van der Waals surface area contributed by atoms with E-state index in [-0.39, 0.29) is 196 Å². The van der Waals surface area contributed by atoms with E-state index in [4.69, 9.17) is 114 Å². The van der Waals surface area contributed by atoms with Crippen LogP contribution in [0, 0.1) is 5.92 Å². The Morgan fingerprint density at radius 1 is 0.328 bits per heavy atom. The van der Waals surface area contributed by atoms with Crippen LogP contribution < -0.4 is 37.2 Å². The highest BCUT2D eigenvalue weighted by Crippen LogP contribution is 2.34. The van der Waals surface area contributed by atoms with Gasteiger partial charge in [0.1, 0.15) is 101 Å². The number of hydrogen-bond acceptors (Lipinski definition) is 41. The zero-order valence-electron chi connectivity index (χ0n) is 78.0. The molecule has 0 bridgehead atoms. The summed E-state index contributed by atoms with van der Waals surface area (Å²) >= 11 is 0. The molecule has 3 heterocycles. The predicted octanol–water partition coefficient (Wildman–Crippen LogP) is -1.90. The number of carbonyl (C=O) groups excluding carboxylic acids is 17. The summed E-state index contributed by atoms with van der Waals surface area (Å²) in [5.41, 5.74) is 0.662. The molecule has 134 heavy (non-hydrogen) atoms. The zero-order chi connectivity index (χ0) is 98.7. The quantitative estimate of drug-likeness (QED) is 0.0213. The largest absolute Gasteiger partial charge is 0.463 e. The van der Waals surface area contributed by atoms with Gasteiger partial charge in [-0.2, -0.15) is 0 Å². The van der Waals surface area contributed by atoms with Crippen molar-refractivity contribution < 1.29 is 195 Å². The fraction of sp³-hybridized carbons (Fsp3) is 0.733. The molecule has 7 N–H and O–H groups in total. The molecule has 48 heteroatoms. The molecule has 3 fully saturated rings. The van der Waals surface area contributed by atoms with Crippen molar-refractivity contribution >= 4 is 101 Å². The molecule has 3 aliphatic rings. The first-order valence-electron chi connectivity index (χ1n) is 43.9. The van der Waals surface area contributed by atoms with Gasteiger partial charge in [0.05, 0.1) is 125 Å². The van der Waals surface area contributed by atoms with Crippen LogP contribution in [0.15, 0.2) is 30.3 Å². The molecule has 0 saturated carbocycles. The van der Waals surface area contributed by atoms with Gasteiger partial charge < -0.3 is 156 Å². The molecule has 0 spiro atoms. The highest BCUT2D eigenvalue weighted by Gasteiger charge is 2.54. The van der Waals surface area contributed by atoms with Gasteiger partial charge in [-0.3, -0.25) is 71.9 Å². The van der Waals surface area contributed by atoms with Crippen molar-refractivity contribution in [2.45, 2.75) is 233 Å². The molecule has 0 unspecified atom stereocenters. The molecule has 4 rings (SSSR count). The summed E-state index contributed by atoms with van der Waals surface area (Å²) in [5, 5.41) is 18.9. The molecular formula is C86H133N7O41. The minimum atomic E-state index is -1.33. The lowest BCUT2D eigenvalue weighted by molar-refractivity contribution is -0.279. The standard InChI is InChI=1S/C86H133N7O41/c1-52(94)44-65-74(89-53(2)95)84(132-68(46-123-56(5)98)77(65)127-59(8)101)120-41-38-114-29-26-111-32-35-117-49-71(106)87-24-18-16-22-66(92-73(108)51-119-37-34-113-28-31-116-40-43-122-86-76(91-55(4)97)81(131-63(12)105)79(129-61(10)103)70(134-86)48-125-58(7)100)82(109)93-67(83(110)126-45-64-20-14-13-15-21-64)23-17-19-25-88-72(107)50-118-36-33-112-27-30-115-39-42-121-85-75(90-54(3)96)80(130-62(11)104)78(128-60(9)102)69(133-85)47-124-57(6)99/h13-15,20-21,65-70,74-81,84-86H,16-19,22-51H2,1-12H3,(H,87,106)(H,88,107)(H,89,95)(H,90,96)(H,91,97)(H,92,108)(H,93,109)/t65-,66+,67+,68-,69-,70-,74-,75-,76-,77-,78+,79+,80-,81-,84-,85-,86-/m1/s1. The van der Waals surface area contributed by atoms with Gasteiger partial charge >= 0.3 is 53.7 Å². The number of amides is 7. The summed E-state index contributed by atoms with van der Waals surface area (Å²) in [6, 6.07) is 3.01. The second-order valence-corrected chi connectivity index (χ2v) is 30.6. The van der Waals surface area contributed by atoms with Crippen molar-refractivity contribution in [3.8, 4) is 0 Å². The summed E-state index contributed by atoms with van der Waals surface area (Å²) in [6.45, 7) is 12.3. The van der Waals surface area contributed by atoms with Crippen molar-refractivity contribution in [2.75, 3.05) is 172 Å². The van der Waals surface area contributed by atoms with Crippen molar-refractivity contribution in [3.63, 3.8) is 0 Å². The van der Waals surface area contributed by atoms with E-state index in [9.17, 15) is 81.5 Å². The first-order chi connectivity index (χ1) is 64.0. The molecule has 0 radical (unpaired) electrons. The van der Waals surface area contributed by atoms with Crippen LogP contribution in [0.2, 0.25) is 0 Å². The van der Waals surface area contributed by atoms with Gasteiger partial charge in [0.2, 0.25) is 41.4 Å². The number of unbranched alkanes of at least 4 members (excludes halogenated alkanes) is 2. The van der Waals surface area contributed by atoms with Crippen LogP contribution in [0.25, 0.3) is 0 Å². The van der Waals surface area contributed by atoms with Crippen LogP contribution in [0.1, 0.15) is 134 Å². The van der Waals surface area contributed by atoms with Gasteiger partial charge in [-0.05, 0) is 51.0 Å². The van der Waals surface area contributed by atoms with Gasteiger partial charge in [0.25, 0.3) is 0 Å². The molecule has 3 saturated heterocycles. The molecule has 0 aliphatic carbocycles. The number of esters is 9. The van der Waals surface area contributed by atoms with Crippen molar-refractivity contribution in [1.29, 1.82) is 0 Å². The molecule has 7 amide bonds. The Labute approximate surface area is 776 Å². The van der Waals surface area contributed by atoms with E-state index in [1.54, 1.807) is 30.3 Å². The van der Waals surface area contributed by atoms with Crippen LogP contribution in [-0.2, 0) is 202 Å². The Hall–Kier alpha value is -10.2. The lowest BCUT2D eigenvalue weighted by atomic mass is 9.83. The second kappa shape index (κ2) is 67.1. The monoisotopic (exact) mass is 1920 g/mol. The minimum Gasteiger partial charge on any atom is -0.463 e. The summed E-state index contributed by atoms with van der Waals surface area (Å²) in [7, 11) is 0. The molecule has 1 aromatic rings. The Morgan fingerprint density at radius 2 is 0.649 bits per heavy atom. The number of ketones is 1. The van der Waals surface area contributed by atoms with Crippen molar-refractivity contribution in [1.82, 2.24) is 37.2 Å². The van der Waals surface area contributed by atoms with E-state index in [0.717, 1.165) is 41.5 Å². The number of rotatable bonds is 68. The van der Waals surface area contributed by atoms with Gasteiger partial charge in [-0.15, -0.1) is 0 Å². The number of carbonyl (C=O) groups is 17. The first kappa shape index (κ1) is 116. The molecule has 48 nitrogen and oxygen atoms in total. The average Bonchev–Trinajstić information content (AvgIpc) is 0.794. The van der Waals surface area contributed by atoms with Gasteiger partial charge in [-0.25, -0.2) is 4.79 Å². The fourth-order valence-corrected chi connectivity index (χ4v) is 13.5. The second-order valence-electron chi connectivity index (χ2n) is 30.6. The SMILES string of the molecule is CC(=O)C[C@@H]1[C@@H](NC(C)=O)[C@H](OCCOCCOCCOCC(=O)NCCCC[C@H](NC(=O)COCCOCCOCCO[C@@H]2O[C@H](COC(C)=O)[C@H](OC(C)=O)[C@H](OC(C)=O)[C@H]2NC(C)=O)C(=O)N[C@@H](CCCCNC(=O)COCCOCCOCCO[C@@H]2O[C@H](COC(C)=O)[C@H](OC(C)=O)[C@H](OC(C)=O)[C@H]2NC(C)=O)C(=O)OCc2ccccc2)O[C@H](COC(C)=O)[C@@H]1OC(C)=O. The molecule has 1 aromatic carbocycles. The molecular weight excluding hydrogens is 1790 g/mol. The van der Waals surface area contributed by atoms with E-state index in [1.807, 2.05) is 0 Å². The maximum absolute atomic E-state index is 14.4. The third-order valence-electron chi connectivity index (χ3n) is 19.1. The normalized spacial score (nSPS) is 21.7. The highest BCUT2D eigenvalue weighted by molar-refractivity contribution is 5.91. The summed E-state index contributed by atoms with van der Waals surface area (Å²) in [5.74, 6) is -11.5. The average molecular weight is 1920 g/mol. The van der Waals surface area contributed by atoms with E-state index in [1.165, 1.54) is 41.5 Å². The Bertz CT molecular complexity index is 3790. The molecule has 3 aliphatic heterocycles. The van der Waals surface area contributed by atoms with Crippen LogP contribution in [0.4, 0.5) is 0 Å².